The zero-order valence-electron chi connectivity index (χ0n) is 26.9. The van der Waals surface area contributed by atoms with Crippen molar-refractivity contribution in [3.63, 3.8) is 0 Å². The molecular weight excluding hydrogens is 570 g/mol. The fourth-order valence-electron chi connectivity index (χ4n) is 5.03. The highest BCUT2D eigenvalue weighted by Gasteiger charge is 2.19. The number of aromatic nitrogens is 2. The molecule has 0 saturated heterocycles. The molecular formula is C36H41N3O6. The molecule has 0 aliphatic heterocycles. The minimum atomic E-state index is -0.476. The number of carbonyl (C=O) groups is 1. The molecule has 0 N–H and O–H groups in total. The molecule has 0 spiro atoms. The van der Waals surface area contributed by atoms with Crippen molar-refractivity contribution in [3.8, 4) is 28.6 Å². The quantitative estimate of drug-likeness (QED) is 0.0874. The zero-order valence-corrected chi connectivity index (χ0v) is 26.9. The van der Waals surface area contributed by atoms with Gasteiger partial charge in [0, 0.05) is 11.1 Å². The number of carbonyl (C=O) groups excluding carboxylic acids is 1. The van der Waals surface area contributed by atoms with Crippen LogP contribution in [0.2, 0.25) is 0 Å². The van der Waals surface area contributed by atoms with Gasteiger partial charge in [-0.15, -0.1) is 6.58 Å². The normalized spacial score (nSPS) is 11.3. The van der Waals surface area contributed by atoms with Crippen molar-refractivity contribution in [3.05, 3.63) is 93.8 Å². The van der Waals surface area contributed by atoms with Crippen LogP contribution in [0.25, 0.3) is 22.3 Å². The van der Waals surface area contributed by atoms with Crippen LogP contribution >= 0.6 is 0 Å². The lowest BCUT2D eigenvalue weighted by Gasteiger charge is -2.18. The van der Waals surface area contributed by atoms with Crippen LogP contribution in [-0.2, 0) is 16.0 Å². The molecule has 3 aromatic carbocycles. The summed E-state index contributed by atoms with van der Waals surface area (Å²) in [4.78, 5) is 30.9. The van der Waals surface area contributed by atoms with Gasteiger partial charge in [0.05, 0.1) is 36.9 Å². The lowest BCUT2D eigenvalue weighted by Crippen LogP contribution is -2.21. The van der Waals surface area contributed by atoms with E-state index in [0.717, 1.165) is 28.0 Å². The summed E-state index contributed by atoms with van der Waals surface area (Å²) in [6, 6.07) is 14.9. The molecule has 45 heavy (non-hydrogen) atoms. The Hall–Kier alpha value is -4.92. The number of hydrogen-bond acceptors (Lipinski definition) is 8. The van der Waals surface area contributed by atoms with Gasteiger partial charge in [-0.25, -0.2) is 9.78 Å². The molecule has 4 rings (SSSR count). The summed E-state index contributed by atoms with van der Waals surface area (Å²) in [6.45, 7) is 16.5. The number of rotatable bonds is 14. The van der Waals surface area contributed by atoms with E-state index in [0.29, 0.717) is 53.4 Å². The van der Waals surface area contributed by atoms with Crippen molar-refractivity contribution in [2.24, 2.45) is 5.10 Å². The molecule has 4 aromatic rings. The van der Waals surface area contributed by atoms with Gasteiger partial charge in [0.25, 0.3) is 5.56 Å². The fourth-order valence-corrected chi connectivity index (χ4v) is 5.03. The van der Waals surface area contributed by atoms with Crippen LogP contribution in [0, 0.1) is 6.92 Å². The maximum Gasteiger partial charge on any atom is 0.344 e. The standard InChI is InChI=1S/C36H41N3O6/c1-8-14-26-18-25(19-32(43-10-3)34(26)45-22-33(40)44-11-4)21-37-39-35(38-30-16-13-12-15-27(30)36(39)41)29-20-28(23(5)6)31(42-9-2)17-24(29)7/h8,12-13,15-21,23H,1,9-11,14,22H2,2-7H3. The highest BCUT2D eigenvalue weighted by molar-refractivity contribution is 5.84. The van der Waals surface area contributed by atoms with Gasteiger partial charge < -0.3 is 18.9 Å². The monoisotopic (exact) mass is 611 g/mol. The van der Waals surface area contributed by atoms with Crippen LogP contribution in [-0.4, -0.2) is 48.3 Å². The van der Waals surface area contributed by atoms with E-state index >= 15 is 0 Å². The first kappa shape index (κ1) is 33.0. The molecule has 0 fully saturated rings. The van der Waals surface area contributed by atoms with Crippen LogP contribution in [0.4, 0.5) is 0 Å². The Morgan fingerprint density at radius 3 is 2.42 bits per heavy atom. The number of ether oxygens (including phenoxy) is 4. The van der Waals surface area contributed by atoms with E-state index in [1.165, 1.54) is 4.68 Å². The van der Waals surface area contributed by atoms with Crippen molar-refractivity contribution in [2.45, 2.75) is 53.9 Å². The molecule has 0 atom stereocenters. The predicted octanol–water partition coefficient (Wildman–Crippen LogP) is 6.85. The number of benzene rings is 3. The Labute approximate surface area is 264 Å². The summed E-state index contributed by atoms with van der Waals surface area (Å²) < 4.78 is 24.1. The maximum atomic E-state index is 13.9. The van der Waals surface area contributed by atoms with E-state index in [2.05, 4.69) is 20.4 Å². The summed E-state index contributed by atoms with van der Waals surface area (Å²) in [5.41, 5.74) is 4.40. The minimum Gasteiger partial charge on any atom is -0.494 e. The number of hydrogen-bond donors (Lipinski definition) is 0. The van der Waals surface area contributed by atoms with Gasteiger partial charge in [0.15, 0.2) is 23.9 Å². The number of nitrogens with zero attached hydrogens (tertiary/aromatic N) is 3. The largest absolute Gasteiger partial charge is 0.494 e. The topological polar surface area (TPSA) is 101 Å². The van der Waals surface area contributed by atoms with Gasteiger partial charge in [0.1, 0.15) is 5.75 Å². The third-order valence-corrected chi connectivity index (χ3v) is 7.05. The molecule has 0 aliphatic rings. The first-order chi connectivity index (χ1) is 21.7. The highest BCUT2D eigenvalue weighted by atomic mass is 16.6. The van der Waals surface area contributed by atoms with Gasteiger partial charge >= 0.3 is 5.97 Å². The second-order valence-corrected chi connectivity index (χ2v) is 10.6. The lowest BCUT2D eigenvalue weighted by molar-refractivity contribution is -0.145. The van der Waals surface area contributed by atoms with Crippen molar-refractivity contribution in [1.29, 1.82) is 0 Å². The summed E-state index contributed by atoms with van der Waals surface area (Å²) in [7, 11) is 0. The molecule has 9 heteroatoms. The Morgan fingerprint density at radius 1 is 1.00 bits per heavy atom. The van der Waals surface area contributed by atoms with E-state index in [4.69, 9.17) is 29.0 Å². The molecule has 1 heterocycles. The molecule has 1 aromatic heterocycles. The Morgan fingerprint density at radius 2 is 1.73 bits per heavy atom. The van der Waals surface area contributed by atoms with E-state index in [1.807, 2.05) is 57.2 Å². The minimum absolute atomic E-state index is 0.180. The third kappa shape index (κ3) is 7.60. The average molecular weight is 612 g/mol. The fraction of sp³-hybridized carbons (Fsp3) is 0.333. The van der Waals surface area contributed by atoms with E-state index in [1.54, 1.807) is 31.3 Å². The smallest absolute Gasteiger partial charge is 0.344 e. The third-order valence-electron chi connectivity index (χ3n) is 7.05. The van der Waals surface area contributed by atoms with Gasteiger partial charge in [-0.1, -0.05) is 32.1 Å². The van der Waals surface area contributed by atoms with E-state index < -0.39 is 5.97 Å². The summed E-state index contributed by atoms with van der Waals surface area (Å²) >= 11 is 0. The van der Waals surface area contributed by atoms with Crippen molar-refractivity contribution < 1.29 is 23.7 Å². The second kappa shape index (κ2) is 15.2. The summed E-state index contributed by atoms with van der Waals surface area (Å²) in [6.07, 6.45) is 3.78. The molecule has 236 valence electrons. The molecule has 0 saturated carbocycles. The van der Waals surface area contributed by atoms with Crippen LogP contribution < -0.4 is 19.8 Å². The zero-order chi connectivity index (χ0) is 32.5. The summed E-state index contributed by atoms with van der Waals surface area (Å²) in [5.74, 6) is 1.81. The highest BCUT2D eigenvalue weighted by Crippen LogP contribution is 2.35. The number of fused-ring (bicyclic) bond motifs is 1. The molecule has 9 nitrogen and oxygen atoms in total. The van der Waals surface area contributed by atoms with Crippen LogP contribution in [0.3, 0.4) is 0 Å². The van der Waals surface area contributed by atoms with Crippen LogP contribution in [0.5, 0.6) is 17.2 Å². The molecule has 0 aliphatic carbocycles. The first-order valence-electron chi connectivity index (χ1n) is 15.2. The Bertz CT molecular complexity index is 1770. The van der Waals surface area contributed by atoms with Crippen molar-refractivity contribution in [2.75, 3.05) is 26.4 Å². The second-order valence-electron chi connectivity index (χ2n) is 10.6. The number of aryl methyl sites for hydroxylation is 1. The Kier molecular flexibility index (Phi) is 11.1. The number of allylic oxidation sites excluding steroid dienone is 1. The van der Waals surface area contributed by atoms with E-state index in [-0.39, 0.29) is 24.7 Å². The summed E-state index contributed by atoms with van der Waals surface area (Å²) in [5, 5.41) is 5.15. The van der Waals surface area contributed by atoms with Gasteiger partial charge in [-0.2, -0.15) is 9.78 Å². The van der Waals surface area contributed by atoms with Gasteiger partial charge in [-0.05, 0) is 93.1 Å². The molecule has 0 amide bonds. The van der Waals surface area contributed by atoms with Crippen LogP contribution in [0.1, 0.15) is 62.8 Å². The van der Waals surface area contributed by atoms with E-state index in [9.17, 15) is 9.59 Å². The predicted molar refractivity (Wildman–Crippen MR) is 178 cm³/mol. The lowest BCUT2D eigenvalue weighted by atomic mass is 9.96. The van der Waals surface area contributed by atoms with Crippen molar-refractivity contribution in [1.82, 2.24) is 9.66 Å². The van der Waals surface area contributed by atoms with Gasteiger partial charge in [0.2, 0.25) is 0 Å². The number of para-hydroxylation sites is 1. The van der Waals surface area contributed by atoms with Gasteiger partial charge in [-0.3, -0.25) is 4.79 Å². The number of esters is 1. The average Bonchev–Trinajstić information content (AvgIpc) is 3.01. The molecule has 0 bridgehead atoms. The SMILES string of the molecule is C=CCc1cc(C=Nn2c(-c3cc(C(C)C)c(OCC)cc3C)nc3ccccc3c2=O)cc(OCC)c1OCC(=O)OCC. The van der Waals surface area contributed by atoms with Crippen molar-refractivity contribution >= 4 is 23.1 Å². The van der Waals surface area contributed by atoms with Crippen LogP contribution in [0.15, 0.2) is 71.1 Å². The first-order valence-corrected chi connectivity index (χ1v) is 15.2. The molecule has 0 radical (unpaired) electrons. The maximum absolute atomic E-state index is 13.9. The Balaban J connectivity index is 1.89. The molecule has 0 unspecified atom stereocenters.